The first kappa shape index (κ1) is 15.8. The summed E-state index contributed by atoms with van der Waals surface area (Å²) in [5.41, 5.74) is 0.685. The molecule has 1 heterocycles. The maximum absolute atomic E-state index is 12.2. The van der Waals surface area contributed by atoms with Crippen LogP contribution in [0.2, 0.25) is 10.0 Å². The highest BCUT2D eigenvalue weighted by Crippen LogP contribution is 2.40. The summed E-state index contributed by atoms with van der Waals surface area (Å²) < 4.78 is 0. The number of hydrogen-bond donors (Lipinski definition) is 0. The van der Waals surface area contributed by atoms with Crippen molar-refractivity contribution in [3.05, 3.63) is 27.7 Å². The Labute approximate surface area is 136 Å². The molecule has 1 aliphatic rings. The number of fused-ring (bicyclic) bond motifs is 1. The highest BCUT2D eigenvalue weighted by molar-refractivity contribution is 9.09. The second-order valence-electron chi connectivity index (χ2n) is 4.81. The van der Waals surface area contributed by atoms with Crippen LogP contribution >= 0.6 is 39.1 Å². The summed E-state index contributed by atoms with van der Waals surface area (Å²) >= 11 is 15.6. The first-order valence-electron chi connectivity index (χ1n) is 6.41. The number of carbonyl (C=O) groups excluding carboxylic acids is 2. The third-order valence-electron chi connectivity index (χ3n) is 3.37. The van der Waals surface area contributed by atoms with Gasteiger partial charge in [-0.15, -0.1) is 0 Å². The third-order valence-corrected chi connectivity index (χ3v) is 4.91. The Kier molecular flexibility index (Phi) is 5.10. The topological polar surface area (TPSA) is 37.4 Å². The molecule has 0 aliphatic carbocycles. The van der Waals surface area contributed by atoms with Crippen LogP contribution in [0.15, 0.2) is 12.1 Å². The lowest BCUT2D eigenvalue weighted by Gasteiger charge is -2.23. The van der Waals surface area contributed by atoms with Gasteiger partial charge in [0.25, 0.3) is 11.7 Å². The van der Waals surface area contributed by atoms with Crippen LogP contribution in [0.5, 0.6) is 0 Å². The summed E-state index contributed by atoms with van der Waals surface area (Å²) in [6.07, 6.45) is 1.99. The van der Waals surface area contributed by atoms with E-state index in [2.05, 4.69) is 22.9 Å². The smallest absolute Gasteiger partial charge is 0.299 e. The molecule has 1 amide bonds. The number of amides is 1. The number of Topliss-reactive ketones (excluding diaryl/α,β-unsaturated/α-hetero) is 1. The molecule has 6 heteroatoms. The maximum Gasteiger partial charge on any atom is 0.299 e. The standard InChI is InChI=1S/C14H14BrCl2NO2/c1-2-3-8(6-15)7-18-12-10(17)5-4-9(16)11(12)13(19)14(18)20/h4-5,8H,2-3,6-7H2,1H3. The molecule has 0 saturated carbocycles. The molecule has 0 aromatic heterocycles. The number of halogens is 3. The zero-order chi connectivity index (χ0) is 14.9. The van der Waals surface area contributed by atoms with Gasteiger partial charge in [0.15, 0.2) is 0 Å². The Morgan fingerprint density at radius 3 is 2.50 bits per heavy atom. The molecule has 0 spiro atoms. The zero-order valence-electron chi connectivity index (χ0n) is 11.0. The van der Waals surface area contributed by atoms with Crippen molar-refractivity contribution in [2.75, 3.05) is 16.8 Å². The van der Waals surface area contributed by atoms with E-state index in [0.717, 1.165) is 18.2 Å². The van der Waals surface area contributed by atoms with Crippen molar-refractivity contribution in [1.82, 2.24) is 0 Å². The van der Waals surface area contributed by atoms with Crippen molar-refractivity contribution in [2.45, 2.75) is 19.8 Å². The number of anilines is 1. The van der Waals surface area contributed by atoms with Gasteiger partial charge in [-0.3, -0.25) is 9.59 Å². The molecule has 1 aromatic carbocycles. The summed E-state index contributed by atoms with van der Waals surface area (Å²) in [6, 6.07) is 3.16. The minimum absolute atomic E-state index is 0.231. The van der Waals surface area contributed by atoms with E-state index in [9.17, 15) is 9.59 Å². The fourth-order valence-corrected chi connectivity index (χ4v) is 3.44. The number of benzene rings is 1. The van der Waals surface area contributed by atoms with Crippen LogP contribution in [-0.4, -0.2) is 23.6 Å². The summed E-state index contributed by atoms with van der Waals surface area (Å²) in [6.45, 7) is 2.56. The first-order valence-corrected chi connectivity index (χ1v) is 8.29. The van der Waals surface area contributed by atoms with Crippen LogP contribution in [0.3, 0.4) is 0 Å². The average Bonchev–Trinajstić information content (AvgIpc) is 2.68. The lowest BCUT2D eigenvalue weighted by Crippen LogP contribution is -2.35. The molecule has 0 fully saturated rings. The fourth-order valence-electron chi connectivity index (χ4n) is 2.41. The predicted octanol–water partition coefficient (Wildman–Crippen LogP) is 4.33. The highest BCUT2D eigenvalue weighted by atomic mass is 79.9. The number of carbonyl (C=O) groups is 2. The van der Waals surface area contributed by atoms with Crippen molar-refractivity contribution < 1.29 is 9.59 Å². The highest BCUT2D eigenvalue weighted by Gasteiger charge is 2.39. The zero-order valence-corrected chi connectivity index (χ0v) is 14.1. The number of nitrogens with zero attached hydrogens (tertiary/aromatic N) is 1. The molecular formula is C14H14BrCl2NO2. The summed E-state index contributed by atoms with van der Waals surface area (Å²) in [4.78, 5) is 25.7. The molecule has 3 nitrogen and oxygen atoms in total. The Bertz CT molecular complexity index is 562. The van der Waals surface area contributed by atoms with E-state index in [4.69, 9.17) is 23.2 Å². The van der Waals surface area contributed by atoms with Crippen molar-refractivity contribution in [3.63, 3.8) is 0 Å². The van der Waals surface area contributed by atoms with E-state index in [1.807, 2.05) is 0 Å². The fraction of sp³-hybridized carbons (Fsp3) is 0.429. The minimum Gasteiger partial charge on any atom is -0.303 e. The molecule has 0 bridgehead atoms. The third kappa shape index (κ3) is 2.74. The minimum atomic E-state index is -0.572. The molecule has 2 rings (SSSR count). The van der Waals surface area contributed by atoms with Gasteiger partial charge in [-0.05, 0) is 24.5 Å². The Morgan fingerprint density at radius 2 is 1.90 bits per heavy atom. The van der Waals surface area contributed by atoms with E-state index < -0.39 is 11.7 Å². The van der Waals surface area contributed by atoms with E-state index in [1.165, 1.54) is 4.90 Å². The molecule has 20 heavy (non-hydrogen) atoms. The van der Waals surface area contributed by atoms with Crippen molar-refractivity contribution >= 4 is 56.5 Å². The van der Waals surface area contributed by atoms with Crippen molar-refractivity contribution in [2.24, 2.45) is 5.92 Å². The molecule has 1 unspecified atom stereocenters. The lowest BCUT2D eigenvalue weighted by atomic mass is 10.1. The van der Waals surface area contributed by atoms with Gasteiger partial charge in [-0.2, -0.15) is 0 Å². The van der Waals surface area contributed by atoms with Gasteiger partial charge < -0.3 is 4.90 Å². The second-order valence-corrected chi connectivity index (χ2v) is 6.27. The Morgan fingerprint density at radius 1 is 1.25 bits per heavy atom. The molecule has 0 saturated heterocycles. The molecule has 108 valence electrons. The van der Waals surface area contributed by atoms with Gasteiger partial charge in [0, 0.05) is 11.9 Å². The molecule has 0 N–H and O–H groups in total. The SMILES string of the molecule is CCCC(CBr)CN1C(=O)C(=O)c2c(Cl)ccc(Cl)c21. The summed E-state index contributed by atoms with van der Waals surface area (Å²) in [5.74, 6) is -0.841. The van der Waals surface area contributed by atoms with Gasteiger partial charge in [-0.1, -0.05) is 52.5 Å². The van der Waals surface area contributed by atoms with Crippen LogP contribution in [0.25, 0.3) is 0 Å². The average molecular weight is 379 g/mol. The van der Waals surface area contributed by atoms with Gasteiger partial charge >= 0.3 is 0 Å². The van der Waals surface area contributed by atoms with Crippen LogP contribution in [-0.2, 0) is 4.79 Å². The summed E-state index contributed by atoms with van der Waals surface area (Å²) in [5, 5.41) is 1.43. The second kappa shape index (κ2) is 6.46. The largest absolute Gasteiger partial charge is 0.303 e. The van der Waals surface area contributed by atoms with Crippen molar-refractivity contribution in [3.8, 4) is 0 Å². The number of rotatable bonds is 5. The van der Waals surface area contributed by atoms with E-state index in [0.29, 0.717) is 17.3 Å². The molecular weight excluding hydrogens is 365 g/mol. The normalized spacial score (nSPS) is 15.7. The van der Waals surface area contributed by atoms with E-state index >= 15 is 0 Å². The maximum atomic E-state index is 12.2. The quantitative estimate of drug-likeness (QED) is 0.564. The van der Waals surface area contributed by atoms with Crippen LogP contribution in [0.1, 0.15) is 30.1 Å². The van der Waals surface area contributed by atoms with Crippen LogP contribution in [0.4, 0.5) is 5.69 Å². The van der Waals surface area contributed by atoms with Gasteiger partial charge in [0.1, 0.15) is 0 Å². The van der Waals surface area contributed by atoms with Crippen molar-refractivity contribution in [1.29, 1.82) is 0 Å². The molecule has 0 radical (unpaired) electrons. The van der Waals surface area contributed by atoms with Crippen LogP contribution < -0.4 is 4.90 Å². The van der Waals surface area contributed by atoms with Gasteiger partial charge in [-0.25, -0.2) is 0 Å². The summed E-state index contributed by atoms with van der Waals surface area (Å²) in [7, 11) is 0. The van der Waals surface area contributed by atoms with Crippen LogP contribution in [0, 0.1) is 5.92 Å². The van der Waals surface area contributed by atoms with E-state index in [1.54, 1.807) is 12.1 Å². The first-order chi connectivity index (χ1) is 9.51. The lowest BCUT2D eigenvalue weighted by molar-refractivity contribution is -0.114. The number of alkyl halides is 1. The molecule has 1 aliphatic heterocycles. The monoisotopic (exact) mass is 377 g/mol. The molecule has 1 aromatic rings. The van der Waals surface area contributed by atoms with E-state index in [-0.39, 0.29) is 16.5 Å². The Balaban J connectivity index is 2.40. The number of hydrogen-bond acceptors (Lipinski definition) is 2. The number of ketones is 1. The molecule has 1 atom stereocenters. The van der Waals surface area contributed by atoms with Gasteiger partial charge in [0.2, 0.25) is 0 Å². The Hall–Kier alpha value is -0.580. The van der Waals surface area contributed by atoms with Gasteiger partial charge in [0.05, 0.1) is 21.3 Å². The predicted molar refractivity (Wildman–Crippen MR) is 85.3 cm³/mol.